The molecule has 0 spiro atoms. The number of rotatable bonds is 7. The summed E-state index contributed by atoms with van der Waals surface area (Å²) in [7, 11) is 0. The largest absolute Gasteiger partial charge is 0.380 e. The fourth-order valence-electron chi connectivity index (χ4n) is 1.85. The Bertz CT molecular complexity index is 599. The number of halogens is 1. The highest BCUT2D eigenvalue weighted by atomic mass is 35.5. The summed E-state index contributed by atoms with van der Waals surface area (Å²) in [5.41, 5.74) is 7.38. The van der Waals surface area contributed by atoms with Gasteiger partial charge in [-0.1, -0.05) is 23.7 Å². The summed E-state index contributed by atoms with van der Waals surface area (Å²) >= 11 is 5.85. The Morgan fingerprint density at radius 3 is 2.59 bits per heavy atom. The van der Waals surface area contributed by atoms with Crippen molar-refractivity contribution < 1.29 is 4.79 Å². The predicted molar refractivity (Wildman–Crippen MR) is 89.9 cm³/mol. The minimum absolute atomic E-state index is 0.0696. The summed E-state index contributed by atoms with van der Waals surface area (Å²) in [5.74, 6) is 0.471. The van der Waals surface area contributed by atoms with E-state index in [4.69, 9.17) is 17.3 Å². The summed E-state index contributed by atoms with van der Waals surface area (Å²) in [5, 5.41) is 6.72. The number of pyridine rings is 1. The van der Waals surface area contributed by atoms with Gasteiger partial charge in [0.15, 0.2) is 0 Å². The van der Waals surface area contributed by atoms with Gasteiger partial charge in [-0.15, -0.1) is 0 Å². The van der Waals surface area contributed by atoms with E-state index in [1.807, 2.05) is 30.3 Å². The summed E-state index contributed by atoms with van der Waals surface area (Å²) < 4.78 is 0. The maximum Gasteiger partial charge on any atom is 0.225 e. The lowest BCUT2D eigenvalue weighted by atomic mass is 10.2. The number of aromatic nitrogens is 1. The molecule has 1 aromatic heterocycles. The van der Waals surface area contributed by atoms with E-state index in [9.17, 15) is 4.79 Å². The molecule has 1 aromatic carbocycles. The second-order valence-corrected chi connectivity index (χ2v) is 5.29. The first kappa shape index (κ1) is 16.3. The van der Waals surface area contributed by atoms with Gasteiger partial charge in [0, 0.05) is 18.0 Å². The Morgan fingerprint density at radius 1 is 1.18 bits per heavy atom. The molecule has 0 unspecified atom stereocenters. The molecule has 6 heteroatoms. The second-order valence-electron chi connectivity index (χ2n) is 4.85. The maximum absolute atomic E-state index is 11.6. The average Bonchev–Trinajstić information content (AvgIpc) is 2.54. The fraction of sp³-hybridized carbons (Fsp3) is 0.250. The molecule has 1 heterocycles. The number of hydrogen-bond donors (Lipinski definition) is 3. The standard InChI is InChI=1S/C16H19ClN4O/c17-13-5-3-12(4-6-13)10-19-14-7-8-15(20-11-14)21-16(22)2-1-9-18/h3-8,11,19H,1-2,9-10,18H2,(H,20,21,22). The third kappa shape index (κ3) is 5.35. The van der Waals surface area contributed by atoms with Crippen molar-refractivity contribution >= 4 is 29.0 Å². The van der Waals surface area contributed by atoms with E-state index < -0.39 is 0 Å². The molecule has 0 aliphatic rings. The van der Waals surface area contributed by atoms with Crippen LogP contribution in [0.3, 0.4) is 0 Å². The Hall–Kier alpha value is -2.11. The molecule has 0 atom stereocenters. The molecule has 0 bridgehead atoms. The third-order valence-corrected chi connectivity index (χ3v) is 3.30. The van der Waals surface area contributed by atoms with Gasteiger partial charge in [-0.25, -0.2) is 4.98 Å². The van der Waals surface area contributed by atoms with E-state index in [1.165, 1.54) is 0 Å². The molecule has 0 aliphatic heterocycles. The van der Waals surface area contributed by atoms with Crippen LogP contribution in [0.1, 0.15) is 18.4 Å². The van der Waals surface area contributed by atoms with Crippen LogP contribution >= 0.6 is 11.6 Å². The van der Waals surface area contributed by atoms with Crippen LogP contribution in [0.15, 0.2) is 42.6 Å². The van der Waals surface area contributed by atoms with Crippen molar-refractivity contribution in [3.63, 3.8) is 0 Å². The fourth-order valence-corrected chi connectivity index (χ4v) is 1.97. The lowest BCUT2D eigenvalue weighted by Gasteiger charge is -2.08. The second kappa shape index (κ2) is 8.36. The number of amides is 1. The van der Waals surface area contributed by atoms with Crippen molar-refractivity contribution in [2.75, 3.05) is 17.2 Å². The Kier molecular flexibility index (Phi) is 6.18. The number of nitrogens with zero attached hydrogens (tertiary/aromatic N) is 1. The zero-order valence-electron chi connectivity index (χ0n) is 12.2. The van der Waals surface area contributed by atoms with Crippen LogP contribution in [-0.4, -0.2) is 17.4 Å². The number of benzene rings is 1. The maximum atomic E-state index is 11.6. The van der Waals surface area contributed by atoms with Gasteiger partial charge in [-0.2, -0.15) is 0 Å². The number of nitrogens with one attached hydrogen (secondary N) is 2. The van der Waals surface area contributed by atoms with Crippen LogP contribution in [0.4, 0.5) is 11.5 Å². The Balaban J connectivity index is 1.83. The van der Waals surface area contributed by atoms with Crippen molar-refractivity contribution in [1.29, 1.82) is 0 Å². The van der Waals surface area contributed by atoms with Gasteiger partial charge >= 0.3 is 0 Å². The molecule has 5 nitrogen and oxygen atoms in total. The van der Waals surface area contributed by atoms with Gasteiger partial charge in [0.1, 0.15) is 5.82 Å². The Morgan fingerprint density at radius 2 is 1.95 bits per heavy atom. The van der Waals surface area contributed by atoms with Crippen molar-refractivity contribution in [2.24, 2.45) is 5.73 Å². The van der Waals surface area contributed by atoms with Gasteiger partial charge in [0.05, 0.1) is 11.9 Å². The van der Waals surface area contributed by atoms with E-state index in [1.54, 1.807) is 12.3 Å². The zero-order valence-corrected chi connectivity index (χ0v) is 12.9. The SMILES string of the molecule is NCCCC(=O)Nc1ccc(NCc2ccc(Cl)cc2)cn1. The predicted octanol–water partition coefficient (Wildman–Crippen LogP) is 3.02. The number of hydrogen-bond acceptors (Lipinski definition) is 4. The van der Waals surface area contributed by atoms with Gasteiger partial charge in [0.25, 0.3) is 0 Å². The molecule has 22 heavy (non-hydrogen) atoms. The van der Waals surface area contributed by atoms with Crippen LogP contribution in [0.25, 0.3) is 0 Å². The van der Waals surface area contributed by atoms with E-state index >= 15 is 0 Å². The summed E-state index contributed by atoms with van der Waals surface area (Å²) in [6.45, 7) is 1.19. The van der Waals surface area contributed by atoms with Crippen molar-refractivity contribution in [3.05, 3.63) is 53.2 Å². The van der Waals surface area contributed by atoms with Gasteiger partial charge in [-0.05, 0) is 42.8 Å². The number of anilines is 2. The quantitative estimate of drug-likeness (QED) is 0.733. The van der Waals surface area contributed by atoms with E-state index in [0.717, 1.165) is 16.3 Å². The summed E-state index contributed by atoms with van der Waals surface area (Å²) in [6.07, 6.45) is 2.77. The molecule has 0 saturated carbocycles. The zero-order chi connectivity index (χ0) is 15.8. The van der Waals surface area contributed by atoms with Gasteiger partial charge in [-0.3, -0.25) is 4.79 Å². The minimum atomic E-state index is -0.0696. The monoisotopic (exact) mass is 318 g/mol. The molecule has 2 rings (SSSR count). The van der Waals surface area contributed by atoms with Crippen molar-refractivity contribution in [2.45, 2.75) is 19.4 Å². The topological polar surface area (TPSA) is 80.0 Å². The van der Waals surface area contributed by atoms with E-state index in [0.29, 0.717) is 31.7 Å². The lowest BCUT2D eigenvalue weighted by Crippen LogP contribution is -2.14. The summed E-state index contributed by atoms with van der Waals surface area (Å²) in [4.78, 5) is 15.8. The smallest absolute Gasteiger partial charge is 0.225 e. The first-order valence-corrected chi connectivity index (χ1v) is 7.49. The normalized spacial score (nSPS) is 10.3. The molecule has 4 N–H and O–H groups in total. The molecule has 0 radical (unpaired) electrons. The van der Waals surface area contributed by atoms with Crippen LogP contribution in [-0.2, 0) is 11.3 Å². The molecular weight excluding hydrogens is 300 g/mol. The summed E-state index contributed by atoms with van der Waals surface area (Å²) in [6, 6.07) is 11.3. The van der Waals surface area contributed by atoms with Crippen molar-refractivity contribution in [1.82, 2.24) is 4.98 Å². The van der Waals surface area contributed by atoms with E-state index in [2.05, 4.69) is 15.6 Å². The van der Waals surface area contributed by atoms with Crippen LogP contribution < -0.4 is 16.4 Å². The Labute approximate surface area is 134 Å². The number of carbonyl (C=O) groups is 1. The molecule has 116 valence electrons. The molecule has 1 amide bonds. The molecule has 0 fully saturated rings. The minimum Gasteiger partial charge on any atom is -0.380 e. The first-order valence-electron chi connectivity index (χ1n) is 7.11. The number of carbonyl (C=O) groups excluding carboxylic acids is 1. The van der Waals surface area contributed by atoms with Gasteiger partial charge in [0.2, 0.25) is 5.91 Å². The highest BCUT2D eigenvalue weighted by Crippen LogP contribution is 2.13. The number of nitrogens with two attached hydrogens (primary N) is 1. The van der Waals surface area contributed by atoms with E-state index in [-0.39, 0.29) is 5.91 Å². The van der Waals surface area contributed by atoms with Gasteiger partial charge < -0.3 is 16.4 Å². The van der Waals surface area contributed by atoms with Crippen LogP contribution in [0.5, 0.6) is 0 Å². The average molecular weight is 319 g/mol. The third-order valence-electron chi connectivity index (χ3n) is 3.05. The lowest BCUT2D eigenvalue weighted by molar-refractivity contribution is -0.116. The van der Waals surface area contributed by atoms with Crippen LogP contribution in [0.2, 0.25) is 5.02 Å². The molecule has 0 aliphatic carbocycles. The highest BCUT2D eigenvalue weighted by molar-refractivity contribution is 6.30. The molecule has 2 aromatic rings. The van der Waals surface area contributed by atoms with Crippen LogP contribution in [0, 0.1) is 0 Å². The molecular formula is C16H19ClN4O. The highest BCUT2D eigenvalue weighted by Gasteiger charge is 2.02. The molecule has 0 saturated heterocycles. The van der Waals surface area contributed by atoms with Crippen molar-refractivity contribution in [3.8, 4) is 0 Å². The first-order chi connectivity index (χ1) is 10.7.